The zero-order chi connectivity index (χ0) is 12.6. The number of methoxy groups -OCH3 is 1. The third-order valence-corrected chi connectivity index (χ3v) is 4.83. The van der Waals surface area contributed by atoms with Crippen molar-refractivity contribution in [1.82, 2.24) is 0 Å². The van der Waals surface area contributed by atoms with Crippen LogP contribution in [0.25, 0.3) is 0 Å². The quantitative estimate of drug-likeness (QED) is 0.858. The Hall–Kier alpha value is -1.22. The van der Waals surface area contributed by atoms with E-state index in [2.05, 4.69) is 11.4 Å². The first-order chi connectivity index (χ1) is 8.77. The molecule has 18 heavy (non-hydrogen) atoms. The lowest BCUT2D eigenvalue weighted by molar-refractivity contribution is 0.304. The second kappa shape index (κ2) is 4.47. The average Bonchev–Trinajstić information content (AvgIpc) is 3.00. The topological polar surface area (TPSA) is 47.3 Å². The first-order valence-corrected chi connectivity index (χ1v) is 6.88. The van der Waals surface area contributed by atoms with Gasteiger partial charge in [0, 0.05) is 6.54 Å². The van der Waals surface area contributed by atoms with Crippen LogP contribution < -0.4 is 15.8 Å². The Morgan fingerprint density at radius 1 is 1.39 bits per heavy atom. The molecule has 0 saturated heterocycles. The minimum atomic E-state index is 0.0948. The third kappa shape index (κ3) is 1.77. The summed E-state index contributed by atoms with van der Waals surface area (Å²) in [4.78, 5) is 0. The summed E-state index contributed by atoms with van der Waals surface area (Å²) in [5.41, 5.74) is 7.27. The molecule has 3 nitrogen and oxygen atoms in total. The van der Waals surface area contributed by atoms with E-state index in [1.807, 2.05) is 18.2 Å². The number of hydrogen-bond acceptors (Lipinski definition) is 3. The van der Waals surface area contributed by atoms with E-state index in [1.54, 1.807) is 7.11 Å². The highest BCUT2D eigenvalue weighted by Crippen LogP contribution is 2.52. The molecule has 2 bridgehead atoms. The molecule has 3 unspecified atom stereocenters. The first kappa shape index (κ1) is 11.8. The Kier molecular flexibility index (Phi) is 2.94. The zero-order valence-electron chi connectivity index (χ0n) is 11.0. The second-order valence-electron chi connectivity index (χ2n) is 5.77. The molecule has 3 atom stereocenters. The van der Waals surface area contributed by atoms with Crippen molar-refractivity contribution in [3.8, 4) is 5.75 Å². The van der Waals surface area contributed by atoms with Gasteiger partial charge in [0.15, 0.2) is 0 Å². The molecule has 0 aromatic heterocycles. The van der Waals surface area contributed by atoms with E-state index in [4.69, 9.17) is 10.5 Å². The fourth-order valence-electron chi connectivity index (χ4n) is 3.91. The normalized spacial score (nSPS) is 33.7. The van der Waals surface area contributed by atoms with Crippen molar-refractivity contribution in [1.29, 1.82) is 0 Å². The minimum absolute atomic E-state index is 0.0948. The highest BCUT2D eigenvalue weighted by atomic mass is 16.5. The Morgan fingerprint density at radius 2 is 2.22 bits per heavy atom. The largest absolute Gasteiger partial charge is 0.495 e. The lowest BCUT2D eigenvalue weighted by Gasteiger charge is -2.39. The van der Waals surface area contributed by atoms with Gasteiger partial charge in [-0.1, -0.05) is 12.1 Å². The zero-order valence-corrected chi connectivity index (χ0v) is 11.0. The summed E-state index contributed by atoms with van der Waals surface area (Å²) in [6, 6.07) is 8.13. The molecule has 1 aromatic carbocycles. The maximum absolute atomic E-state index is 6.09. The van der Waals surface area contributed by atoms with Gasteiger partial charge in [0.25, 0.3) is 0 Å². The van der Waals surface area contributed by atoms with Crippen LogP contribution >= 0.6 is 0 Å². The number of nitrogens with one attached hydrogen (secondary N) is 1. The van der Waals surface area contributed by atoms with E-state index in [1.165, 1.54) is 25.7 Å². The third-order valence-electron chi connectivity index (χ3n) is 4.83. The predicted molar refractivity (Wildman–Crippen MR) is 73.9 cm³/mol. The molecular formula is C15H22N2O. The van der Waals surface area contributed by atoms with Crippen molar-refractivity contribution >= 4 is 5.69 Å². The summed E-state index contributed by atoms with van der Waals surface area (Å²) >= 11 is 0. The van der Waals surface area contributed by atoms with Gasteiger partial charge in [-0.05, 0) is 49.7 Å². The molecule has 3 N–H and O–H groups in total. The van der Waals surface area contributed by atoms with Crippen LogP contribution in [0.3, 0.4) is 0 Å². The summed E-state index contributed by atoms with van der Waals surface area (Å²) in [6.07, 6.45) is 5.27. The van der Waals surface area contributed by atoms with Crippen LogP contribution in [0.1, 0.15) is 25.7 Å². The maximum atomic E-state index is 6.09. The van der Waals surface area contributed by atoms with Crippen LogP contribution in [-0.2, 0) is 0 Å². The van der Waals surface area contributed by atoms with Crippen LogP contribution in [0.5, 0.6) is 5.75 Å². The molecule has 2 fully saturated rings. The van der Waals surface area contributed by atoms with Crippen molar-refractivity contribution in [3.05, 3.63) is 24.3 Å². The van der Waals surface area contributed by atoms with E-state index >= 15 is 0 Å². The van der Waals surface area contributed by atoms with Crippen molar-refractivity contribution in [2.75, 3.05) is 19.0 Å². The summed E-state index contributed by atoms with van der Waals surface area (Å²) in [5.74, 6) is 2.52. The molecule has 0 radical (unpaired) electrons. The molecule has 0 spiro atoms. The second-order valence-corrected chi connectivity index (χ2v) is 5.77. The standard InChI is InChI=1S/C15H22N2O/c1-18-14-5-3-2-4-13(14)17-15(10-16)9-11-6-7-12(15)8-11/h2-5,11-12,17H,6-10,16H2,1H3. The van der Waals surface area contributed by atoms with Crippen LogP contribution in [-0.4, -0.2) is 19.2 Å². The van der Waals surface area contributed by atoms with Crippen molar-refractivity contribution in [3.63, 3.8) is 0 Å². The number of hydrogen-bond donors (Lipinski definition) is 2. The SMILES string of the molecule is COc1ccccc1NC1(CN)CC2CCC1C2. The Morgan fingerprint density at radius 3 is 2.83 bits per heavy atom. The monoisotopic (exact) mass is 246 g/mol. The number of fused-ring (bicyclic) bond motifs is 2. The van der Waals surface area contributed by atoms with E-state index < -0.39 is 0 Å². The molecule has 3 rings (SSSR count). The number of rotatable bonds is 4. The van der Waals surface area contributed by atoms with Gasteiger partial charge in [-0.25, -0.2) is 0 Å². The molecule has 0 amide bonds. The van der Waals surface area contributed by atoms with Gasteiger partial charge in [0.2, 0.25) is 0 Å². The van der Waals surface area contributed by atoms with Gasteiger partial charge in [-0.3, -0.25) is 0 Å². The van der Waals surface area contributed by atoms with Gasteiger partial charge in [0.05, 0.1) is 18.3 Å². The fourth-order valence-corrected chi connectivity index (χ4v) is 3.91. The molecule has 98 valence electrons. The molecule has 2 aliphatic carbocycles. The van der Waals surface area contributed by atoms with Crippen molar-refractivity contribution in [2.24, 2.45) is 17.6 Å². The maximum Gasteiger partial charge on any atom is 0.141 e. The minimum Gasteiger partial charge on any atom is -0.495 e. The lowest BCUT2D eigenvalue weighted by atomic mass is 9.80. The van der Waals surface area contributed by atoms with E-state index in [-0.39, 0.29) is 5.54 Å². The van der Waals surface area contributed by atoms with Gasteiger partial charge in [-0.15, -0.1) is 0 Å². The van der Waals surface area contributed by atoms with Crippen LogP contribution in [0, 0.1) is 11.8 Å². The average molecular weight is 246 g/mol. The Bertz CT molecular complexity index is 434. The van der Waals surface area contributed by atoms with Crippen LogP contribution in [0.4, 0.5) is 5.69 Å². The highest BCUT2D eigenvalue weighted by molar-refractivity contribution is 5.58. The van der Waals surface area contributed by atoms with E-state index in [0.29, 0.717) is 6.54 Å². The summed E-state index contributed by atoms with van der Waals surface area (Å²) in [6.45, 7) is 0.714. The molecule has 1 aromatic rings. The van der Waals surface area contributed by atoms with Gasteiger partial charge < -0.3 is 15.8 Å². The smallest absolute Gasteiger partial charge is 0.141 e. The molecule has 3 heteroatoms. The number of para-hydroxylation sites is 2. The highest BCUT2D eigenvalue weighted by Gasteiger charge is 2.50. The van der Waals surface area contributed by atoms with Gasteiger partial charge >= 0.3 is 0 Å². The fraction of sp³-hybridized carbons (Fsp3) is 0.600. The Labute approximate surface area is 109 Å². The molecule has 2 saturated carbocycles. The summed E-state index contributed by atoms with van der Waals surface area (Å²) in [7, 11) is 1.72. The summed E-state index contributed by atoms with van der Waals surface area (Å²) in [5, 5.41) is 3.70. The Balaban J connectivity index is 1.86. The number of ether oxygens (including phenoxy) is 1. The van der Waals surface area contributed by atoms with Gasteiger partial charge in [0.1, 0.15) is 5.75 Å². The van der Waals surface area contributed by atoms with Gasteiger partial charge in [-0.2, -0.15) is 0 Å². The van der Waals surface area contributed by atoms with E-state index in [9.17, 15) is 0 Å². The molecule has 2 aliphatic rings. The summed E-state index contributed by atoms with van der Waals surface area (Å²) < 4.78 is 5.42. The number of benzene rings is 1. The molecular weight excluding hydrogens is 224 g/mol. The van der Waals surface area contributed by atoms with E-state index in [0.717, 1.165) is 23.3 Å². The number of nitrogens with two attached hydrogens (primary N) is 1. The lowest BCUT2D eigenvalue weighted by Crippen LogP contribution is -2.49. The first-order valence-electron chi connectivity index (χ1n) is 6.88. The number of anilines is 1. The molecule has 0 aliphatic heterocycles. The molecule has 0 heterocycles. The predicted octanol–water partition coefficient (Wildman–Crippen LogP) is 2.62. The van der Waals surface area contributed by atoms with Crippen molar-refractivity contribution < 1.29 is 4.74 Å². The van der Waals surface area contributed by atoms with Crippen molar-refractivity contribution in [2.45, 2.75) is 31.2 Å². The van der Waals surface area contributed by atoms with Crippen LogP contribution in [0.15, 0.2) is 24.3 Å². The van der Waals surface area contributed by atoms with Crippen LogP contribution in [0.2, 0.25) is 0 Å².